The van der Waals surface area contributed by atoms with Crippen LogP contribution in [0.3, 0.4) is 0 Å². The van der Waals surface area contributed by atoms with Gasteiger partial charge in [-0.1, -0.05) is 43.3 Å². The number of urea groups is 1. The molecule has 1 saturated heterocycles. The maximum absolute atomic E-state index is 13.0. The van der Waals surface area contributed by atoms with E-state index in [2.05, 4.69) is 5.32 Å². The summed E-state index contributed by atoms with van der Waals surface area (Å²) in [5.41, 5.74) is 1.75. The SMILES string of the molecule is CCc1ccccc1N1C(=O)NC(=O)/C(=C/c2ccccc2OC)C1=O. The molecule has 1 N–H and O–H groups in total. The summed E-state index contributed by atoms with van der Waals surface area (Å²) in [5, 5.41) is 2.24. The van der Waals surface area contributed by atoms with Crippen molar-refractivity contribution in [1.82, 2.24) is 5.32 Å². The number of rotatable bonds is 4. The van der Waals surface area contributed by atoms with Crippen LogP contribution in [0.15, 0.2) is 54.1 Å². The Bertz CT molecular complexity index is 918. The van der Waals surface area contributed by atoms with Crippen molar-refractivity contribution < 1.29 is 19.1 Å². The van der Waals surface area contributed by atoms with Crippen LogP contribution in [0.4, 0.5) is 10.5 Å². The molecule has 2 aromatic rings. The van der Waals surface area contributed by atoms with E-state index in [1.165, 1.54) is 13.2 Å². The van der Waals surface area contributed by atoms with Gasteiger partial charge in [0, 0.05) is 5.56 Å². The molecule has 0 bridgehead atoms. The van der Waals surface area contributed by atoms with E-state index in [0.29, 0.717) is 23.4 Å². The fourth-order valence-electron chi connectivity index (χ4n) is 2.85. The van der Waals surface area contributed by atoms with Crippen molar-refractivity contribution in [2.45, 2.75) is 13.3 Å². The highest BCUT2D eigenvalue weighted by Crippen LogP contribution is 2.27. The van der Waals surface area contributed by atoms with Gasteiger partial charge < -0.3 is 4.74 Å². The third kappa shape index (κ3) is 3.09. The highest BCUT2D eigenvalue weighted by molar-refractivity contribution is 6.39. The van der Waals surface area contributed by atoms with E-state index in [9.17, 15) is 14.4 Å². The summed E-state index contributed by atoms with van der Waals surface area (Å²) in [5.74, 6) is -0.861. The van der Waals surface area contributed by atoms with Crippen LogP contribution < -0.4 is 15.0 Å². The van der Waals surface area contributed by atoms with Gasteiger partial charge in [-0.3, -0.25) is 14.9 Å². The average Bonchev–Trinajstić information content (AvgIpc) is 2.65. The number of benzene rings is 2. The predicted octanol–water partition coefficient (Wildman–Crippen LogP) is 2.92. The van der Waals surface area contributed by atoms with Crippen molar-refractivity contribution in [3.05, 3.63) is 65.2 Å². The van der Waals surface area contributed by atoms with Crippen molar-refractivity contribution in [1.29, 1.82) is 0 Å². The molecule has 1 aliphatic heterocycles. The van der Waals surface area contributed by atoms with Crippen molar-refractivity contribution in [3.63, 3.8) is 0 Å². The quantitative estimate of drug-likeness (QED) is 0.679. The second-order valence-corrected chi connectivity index (χ2v) is 5.68. The maximum atomic E-state index is 13.0. The Morgan fingerprint density at radius 1 is 1.04 bits per heavy atom. The Hall–Kier alpha value is -3.41. The molecule has 2 aromatic carbocycles. The van der Waals surface area contributed by atoms with Crippen LogP contribution in [0.1, 0.15) is 18.1 Å². The minimum Gasteiger partial charge on any atom is -0.496 e. The topological polar surface area (TPSA) is 75.7 Å². The standard InChI is InChI=1S/C20H18N2O4/c1-3-13-8-4-6-10-16(13)22-19(24)15(18(23)21-20(22)25)12-14-9-5-7-11-17(14)26-2/h4-12H,3H2,1-2H3,(H,21,23,25)/b15-12-. The molecular formula is C20H18N2O4. The fourth-order valence-corrected chi connectivity index (χ4v) is 2.85. The molecule has 1 fully saturated rings. The monoisotopic (exact) mass is 350 g/mol. The van der Waals surface area contributed by atoms with E-state index in [4.69, 9.17) is 4.74 Å². The molecule has 0 spiro atoms. The maximum Gasteiger partial charge on any atom is 0.335 e. The number of imide groups is 2. The van der Waals surface area contributed by atoms with Gasteiger partial charge in [0.05, 0.1) is 12.8 Å². The molecule has 26 heavy (non-hydrogen) atoms. The van der Waals surface area contributed by atoms with Gasteiger partial charge in [-0.25, -0.2) is 9.69 Å². The van der Waals surface area contributed by atoms with Gasteiger partial charge in [-0.15, -0.1) is 0 Å². The lowest BCUT2D eigenvalue weighted by atomic mass is 10.0. The number of hydrogen-bond acceptors (Lipinski definition) is 4. The molecule has 3 rings (SSSR count). The zero-order chi connectivity index (χ0) is 18.7. The summed E-state index contributed by atoms with van der Waals surface area (Å²) < 4.78 is 5.26. The number of nitrogens with one attached hydrogen (secondary N) is 1. The highest BCUT2D eigenvalue weighted by Gasteiger charge is 2.37. The highest BCUT2D eigenvalue weighted by atomic mass is 16.5. The number of ether oxygens (including phenoxy) is 1. The molecule has 6 nitrogen and oxygen atoms in total. The van der Waals surface area contributed by atoms with E-state index in [-0.39, 0.29) is 5.57 Å². The van der Waals surface area contributed by atoms with E-state index in [1.807, 2.05) is 19.1 Å². The van der Waals surface area contributed by atoms with Crippen LogP contribution in [0, 0.1) is 0 Å². The largest absolute Gasteiger partial charge is 0.496 e. The molecule has 0 atom stereocenters. The van der Waals surface area contributed by atoms with Crippen molar-refractivity contribution in [2.75, 3.05) is 12.0 Å². The van der Waals surface area contributed by atoms with Gasteiger partial charge in [0.15, 0.2) is 0 Å². The summed E-state index contributed by atoms with van der Waals surface area (Å²) in [4.78, 5) is 38.5. The second kappa shape index (κ2) is 7.23. The van der Waals surface area contributed by atoms with Gasteiger partial charge in [0.2, 0.25) is 0 Å². The minimum atomic E-state index is -0.752. The zero-order valence-electron chi connectivity index (χ0n) is 14.5. The molecule has 0 aliphatic carbocycles. The lowest BCUT2D eigenvalue weighted by Crippen LogP contribution is -2.54. The summed E-state index contributed by atoms with van der Waals surface area (Å²) in [6, 6.07) is 13.4. The van der Waals surface area contributed by atoms with E-state index >= 15 is 0 Å². The normalized spacial score (nSPS) is 16.0. The van der Waals surface area contributed by atoms with Crippen molar-refractivity contribution in [3.8, 4) is 5.75 Å². The zero-order valence-corrected chi connectivity index (χ0v) is 14.5. The Morgan fingerprint density at radius 2 is 1.73 bits per heavy atom. The number of aryl methyl sites for hydroxylation is 1. The van der Waals surface area contributed by atoms with Gasteiger partial charge in [0.25, 0.3) is 11.8 Å². The predicted molar refractivity (Wildman–Crippen MR) is 97.8 cm³/mol. The number of hydrogen-bond donors (Lipinski definition) is 1. The first-order valence-electron chi connectivity index (χ1n) is 8.19. The van der Waals surface area contributed by atoms with Crippen LogP contribution in [0.25, 0.3) is 6.08 Å². The number of amides is 4. The average molecular weight is 350 g/mol. The van der Waals surface area contributed by atoms with Gasteiger partial charge >= 0.3 is 6.03 Å². The van der Waals surface area contributed by atoms with E-state index in [0.717, 1.165) is 10.5 Å². The molecule has 0 aromatic heterocycles. The molecule has 0 unspecified atom stereocenters. The number of carbonyl (C=O) groups excluding carboxylic acids is 3. The van der Waals surface area contributed by atoms with Crippen molar-refractivity contribution in [2.24, 2.45) is 0 Å². The summed E-state index contributed by atoms with van der Waals surface area (Å²) in [7, 11) is 1.51. The smallest absolute Gasteiger partial charge is 0.335 e. The summed E-state index contributed by atoms with van der Waals surface area (Å²) >= 11 is 0. The third-order valence-electron chi connectivity index (χ3n) is 4.15. The van der Waals surface area contributed by atoms with Crippen LogP contribution >= 0.6 is 0 Å². The van der Waals surface area contributed by atoms with Crippen LogP contribution in [-0.2, 0) is 16.0 Å². The van der Waals surface area contributed by atoms with Gasteiger partial charge in [0.1, 0.15) is 11.3 Å². The Labute approximate surface area is 151 Å². The number of barbiturate groups is 1. The third-order valence-corrected chi connectivity index (χ3v) is 4.15. The number of carbonyl (C=O) groups is 3. The number of anilines is 1. The Kier molecular flexibility index (Phi) is 4.84. The molecule has 1 aliphatic rings. The lowest BCUT2D eigenvalue weighted by Gasteiger charge is -2.28. The molecule has 0 radical (unpaired) electrons. The molecule has 132 valence electrons. The molecule has 0 saturated carbocycles. The van der Waals surface area contributed by atoms with E-state index < -0.39 is 17.8 Å². The molecular weight excluding hydrogens is 332 g/mol. The second-order valence-electron chi connectivity index (χ2n) is 5.68. The number of para-hydroxylation sites is 2. The Balaban J connectivity index is 2.08. The van der Waals surface area contributed by atoms with Gasteiger partial charge in [-0.05, 0) is 30.2 Å². The van der Waals surface area contributed by atoms with Crippen LogP contribution in [0.2, 0.25) is 0 Å². The van der Waals surface area contributed by atoms with Crippen molar-refractivity contribution >= 4 is 29.6 Å². The molecule has 4 amide bonds. The minimum absolute atomic E-state index is 0.125. The summed E-state index contributed by atoms with van der Waals surface area (Å²) in [6.07, 6.45) is 2.08. The first kappa shape index (κ1) is 17.4. The van der Waals surface area contributed by atoms with Crippen LogP contribution in [0.5, 0.6) is 5.75 Å². The van der Waals surface area contributed by atoms with Crippen LogP contribution in [-0.4, -0.2) is 25.0 Å². The number of nitrogens with zero attached hydrogens (tertiary/aromatic N) is 1. The van der Waals surface area contributed by atoms with E-state index in [1.54, 1.807) is 36.4 Å². The van der Waals surface area contributed by atoms with Gasteiger partial charge in [-0.2, -0.15) is 0 Å². The molecule has 1 heterocycles. The first-order valence-corrected chi connectivity index (χ1v) is 8.19. The molecule has 6 heteroatoms. The number of methoxy groups -OCH3 is 1. The first-order chi connectivity index (χ1) is 12.6. The summed E-state index contributed by atoms with van der Waals surface area (Å²) in [6.45, 7) is 1.93. The lowest BCUT2D eigenvalue weighted by molar-refractivity contribution is -0.122. The fraction of sp³-hybridized carbons (Fsp3) is 0.150. The Morgan fingerprint density at radius 3 is 2.46 bits per heavy atom.